The van der Waals surface area contributed by atoms with E-state index in [-0.39, 0.29) is 11.5 Å². The number of hydrogen-bond donors (Lipinski definition) is 2. The molecule has 1 aromatic heterocycles. The molecule has 0 aliphatic carbocycles. The summed E-state index contributed by atoms with van der Waals surface area (Å²) in [5.41, 5.74) is 2.22. The maximum Gasteiger partial charge on any atom is 0.127 e. The Bertz CT molecular complexity index is 515. The van der Waals surface area contributed by atoms with Crippen LogP contribution in [0, 0.1) is 0 Å². The number of phenols is 2. The summed E-state index contributed by atoms with van der Waals surface area (Å²) < 4.78 is 0. The Morgan fingerprint density at radius 1 is 1.00 bits per heavy atom. The zero-order valence-corrected chi connectivity index (χ0v) is 11.1. The van der Waals surface area contributed by atoms with Gasteiger partial charge in [0.2, 0.25) is 0 Å². The van der Waals surface area contributed by atoms with E-state index in [0.29, 0.717) is 5.56 Å². The summed E-state index contributed by atoms with van der Waals surface area (Å²) in [5.74, 6) is 0.246. The summed E-state index contributed by atoms with van der Waals surface area (Å²) in [4.78, 5) is 3.93. The summed E-state index contributed by atoms with van der Waals surface area (Å²) in [7, 11) is 0. The van der Waals surface area contributed by atoms with Gasteiger partial charge in [-0.1, -0.05) is 19.8 Å². The number of aromatic hydroxyl groups is 2. The molecule has 1 aromatic carbocycles. The summed E-state index contributed by atoms with van der Waals surface area (Å²) in [5, 5.41) is 20.2. The first-order valence-corrected chi connectivity index (χ1v) is 6.67. The first-order valence-electron chi connectivity index (χ1n) is 6.67. The molecule has 3 heteroatoms. The number of nitrogens with zero attached hydrogens (tertiary/aromatic N) is 1. The fraction of sp³-hybridized carbons (Fsp3) is 0.312. The highest BCUT2D eigenvalue weighted by Gasteiger charge is 2.11. The standard InChI is InChI=1S/C16H19NO2/c1-2-3-4-5-12-10-14(18)16(15(19)11-12)13-6-8-17-9-7-13/h6-11,18-19H,2-5H2,1H3. The van der Waals surface area contributed by atoms with E-state index in [1.807, 2.05) is 0 Å². The molecule has 2 N–H and O–H groups in total. The Hall–Kier alpha value is -2.03. The van der Waals surface area contributed by atoms with Crippen molar-refractivity contribution in [1.29, 1.82) is 0 Å². The summed E-state index contributed by atoms with van der Waals surface area (Å²) in [6, 6.07) is 7.02. The van der Waals surface area contributed by atoms with Gasteiger partial charge in [0.05, 0.1) is 5.56 Å². The zero-order valence-electron chi connectivity index (χ0n) is 11.1. The lowest BCUT2D eigenvalue weighted by molar-refractivity contribution is 0.452. The van der Waals surface area contributed by atoms with Gasteiger partial charge < -0.3 is 10.2 Å². The molecule has 19 heavy (non-hydrogen) atoms. The third-order valence-electron chi connectivity index (χ3n) is 3.19. The third kappa shape index (κ3) is 3.25. The predicted octanol–water partition coefficient (Wildman–Crippen LogP) is 3.89. The number of pyridine rings is 1. The molecule has 0 amide bonds. The lowest BCUT2D eigenvalue weighted by atomic mass is 9.99. The van der Waals surface area contributed by atoms with Crippen LogP contribution in [0.3, 0.4) is 0 Å². The van der Waals surface area contributed by atoms with Crippen LogP contribution in [0.5, 0.6) is 11.5 Å². The van der Waals surface area contributed by atoms with Gasteiger partial charge in [-0.3, -0.25) is 4.98 Å². The molecule has 0 saturated heterocycles. The molecule has 2 rings (SSSR count). The van der Waals surface area contributed by atoms with E-state index in [9.17, 15) is 10.2 Å². The van der Waals surface area contributed by atoms with Gasteiger partial charge in [-0.25, -0.2) is 0 Å². The predicted molar refractivity (Wildman–Crippen MR) is 76.2 cm³/mol. The Morgan fingerprint density at radius 3 is 2.21 bits per heavy atom. The topological polar surface area (TPSA) is 53.4 Å². The van der Waals surface area contributed by atoms with Crippen LogP contribution in [-0.4, -0.2) is 15.2 Å². The van der Waals surface area contributed by atoms with E-state index in [1.165, 1.54) is 0 Å². The summed E-state index contributed by atoms with van der Waals surface area (Å²) in [6.45, 7) is 2.15. The zero-order chi connectivity index (χ0) is 13.7. The van der Waals surface area contributed by atoms with Gasteiger partial charge in [0.25, 0.3) is 0 Å². The normalized spacial score (nSPS) is 10.6. The SMILES string of the molecule is CCCCCc1cc(O)c(-c2ccncc2)c(O)c1. The van der Waals surface area contributed by atoms with Crippen molar-refractivity contribution < 1.29 is 10.2 Å². The Morgan fingerprint density at radius 2 is 1.63 bits per heavy atom. The smallest absolute Gasteiger partial charge is 0.127 e. The van der Waals surface area contributed by atoms with E-state index in [0.717, 1.165) is 36.8 Å². The fourth-order valence-electron chi connectivity index (χ4n) is 2.21. The van der Waals surface area contributed by atoms with Crippen molar-refractivity contribution in [1.82, 2.24) is 4.98 Å². The van der Waals surface area contributed by atoms with Crippen LogP contribution < -0.4 is 0 Å². The van der Waals surface area contributed by atoms with Crippen molar-refractivity contribution in [3.8, 4) is 22.6 Å². The molecule has 0 atom stereocenters. The van der Waals surface area contributed by atoms with Gasteiger partial charge in [-0.2, -0.15) is 0 Å². The lowest BCUT2D eigenvalue weighted by Gasteiger charge is -2.10. The van der Waals surface area contributed by atoms with Gasteiger partial charge in [-0.05, 0) is 48.2 Å². The molecule has 0 aliphatic heterocycles. The molecule has 0 saturated carbocycles. The lowest BCUT2D eigenvalue weighted by Crippen LogP contribution is -1.88. The minimum atomic E-state index is 0.123. The summed E-state index contributed by atoms with van der Waals surface area (Å²) in [6.07, 6.45) is 7.56. The van der Waals surface area contributed by atoms with Crippen LogP contribution >= 0.6 is 0 Å². The van der Waals surface area contributed by atoms with Crippen LogP contribution in [-0.2, 0) is 6.42 Å². The molecule has 3 nitrogen and oxygen atoms in total. The van der Waals surface area contributed by atoms with Crippen LogP contribution in [0.2, 0.25) is 0 Å². The number of aromatic nitrogens is 1. The van der Waals surface area contributed by atoms with Crippen LogP contribution in [0.4, 0.5) is 0 Å². The Kier molecular flexibility index (Phi) is 4.39. The van der Waals surface area contributed by atoms with E-state index in [1.54, 1.807) is 36.7 Å². The summed E-state index contributed by atoms with van der Waals surface area (Å²) >= 11 is 0. The first-order chi connectivity index (χ1) is 9.22. The van der Waals surface area contributed by atoms with Gasteiger partial charge >= 0.3 is 0 Å². The monoisotopic (exact) mass is 257 g/mol. The van der Waals surface area contributed by atoms with Crippen molar-refractivity contribution in [2.24, 2.45) is 0 Å². The first kappa shape index (κ1) is 13.4. The molecule has 0 radical (unpaired) electrons. The largest absolute Gasteiger partial charge is 0.507 e. The van der Waals surface area contributed by atoms with Gasteiger partial charge in [0, 0.05) is 12.4 Å². The number of phenolic OH excluding ortho intramolecular Hbond substituents is 2. The van der Waals surface area contributed by atoms with E-state index < -0.39 is 0 Å². The second-order valence-corrected chi connectivity index (χ2v) is 4.70. The highest BCUT2D eigenvalue weighted by molar-refractivity contribution is 5.76. The molecule has 0 aliphatic rings. The second-order valence-electron chi connectivity index (χ2n) is 4.70. The third-order valence-corrected chi connectivity index (χ3v) is 3.19. The van der Waals surface area contributed by atoms with Gasteiger partial charge in [0.1, 0.15) is 11.5 Å². The van der Waals surface area contributed by atoms with Crippen LogP contribution in [0.15, 0.2) is 36.7 Å². The average Bonchev–Trinajstić information content (AvgIpc) is 2.39. The number of rotatable bonds is 5. The molecular weight excluding hydrogens is 238 g/mol. The highest BCUT2D eigenvalue weighted by atomic mass is 16.3. The molecule has 0 fully saturated rings. The highest BCUT2D eigenvalue weighted by Crippen LogP contribution is 2.38. The van der Waals surface area contributed by atoms with Crippen LogP contribution in [0.1, 0.15) is 31.7 Å². The van der Waals surface area contributed by atoms with Crippen molar-refractivity contribution in [2.45, 2.75) is 32.6 Å². The Balaban J connectivity index is 2.28. The second kappa shape index (κ2) is 6.23. The molecule has 0 bridgehead atoms. The molecule has 100 valence electrons. The van der Waals surface area contributed by atoms with E-state index >= 15 is 0 Å². The van der Waals surface area contributed by atoms with Gasteiger partial charge in [-0.15, -0.1) is 0 Å². The van der Waals surface area contributed by atoms with Crippen molar-refractivity contribution in [3.05, 3.63) is 42.2 Å². The molecule has 1 heterocycles. The molecule has 0 unspecified atom stereocenters. The number of hydrogen-bond acceptors (Lipinski definition) is 3. The van der Waals surface area contributed by atoms with E-state index in [4.69, 9.17) is 0 Å². The van der Waals surface area contributed by atoms with Crippen molar-refractivity contribution in [3.63, 3.8) is 0 Å². The fourth-order valence-corrected chi connectivity index (χ4v) is 2.21. The maximum absolute atomic E-state index is 10.1. The number of aryl methyl sites for hydroxylation is 1. The Labute approximate surface area is 113 Å². The molecular formula is C16H19NO2. The van der Waals surface area contributed by atoms with Crippen molar-refractivity contribution in [2.75, 3.05) is 0 Å². The minimum absolute atomic E-state index is 0.123. The number of benzene rings is 1. The van der Waals surface area contributed by atoms with Crippen LogP contribution in [0.25, 0.3) is 11.1 Å². The maximum atomic E-state index is 10.1. The quantitative estimate of drug-likeness (QED) is 0.799. The molecule has 0 spiro atoms. The molecule has 2 aromatic rings. The van der Waals surface area contributed by atoms with E-state index in [2.05, 4.69) is 11.9 Å². The number of unbranched alkanes of at least 4 members (excludes halogenated alkanes) is 2. The van der Waals surface area contributed by atoms with Crippen molar-refractivity contribution >= 4 is 0 Å². The van der Waals surface area contributed by atoms with Gasteiger partial charge in [0.15, 0.2) is 0 Å². The average molecular weight is 257 g/mol. The minimum Gasteiger partial charge on any atom is -0.507 e.